The Hall–Kier alpha value is -0.170. The normalized spacial score (nSPS) is 26.4. The standard InChI is InChI=1S/C12H27N3O2S/c1-4-8-14-18(16,17)15-9-7-12(13-6-3)11(5-2)10-15/h11-14H,4-10H2,1-3H3. The summed E-state index contributed by atoms with van der Waals surface area (Å²) in [5.41, 5.74) is 0. The SMILES string of the molecule is CCCNS(=O)(=O)N1CCC(NCC)C(CC)C1. The van der Waals surface area contributed by atoms with Crippen molar-refractivity contribution in [3.63, 3.8) is 0 Å². The summed E-state index contributed by atoms with van der Waals surface area (Å²) in [6.07, 6.45) is 2.74. The highest BCUT2D eigenvalue weighted by Crippen LogP contribution is 2.21. The van der Waals surface area contributed by atoms with E-state index in [-0.39, 0.29) is 0 Å². The van der Waals surface area contributed by atoms with Gasteiger partial charge in [-0.1, -0.05) is 27.2 Å². The van der Waals surface area contributed by atoms with Crippen molar-refractivity contribution in [3.8, 4) is 0 Å². The molecule has 6 heteroatoms. The summed E-state index contributed by atoms with van der Waals surface area (Å²) >= 11 is 0. The van der Waals surface area contributed by atoms with Gasteiger partial charge in [-0.05, 0) is 25.3 Å². The monoisotopic (exact) mass is 277 g/mol. The summed E-state index contributed by atoms with van der Waals surface area (Å²) in [5, 5.41) is 3.46. The average molecular weight is 277 g/mol. The van der Waals surface area contributed by atoms with E-state index in [0.717, 1.165) is 25.8 Å². The van der Waals surface area contributed by atoms with Crippen molar-refractivity contribution < 1.29 is 8.42 Å². The molecule has 0 amide bonds. The lowest BCUT2D eigenvalue weighted by atomic mass is 9.91. The molecule has 2 atom stereocenters. The second kappa shape index (κ2) is 7.43. The first kappa shape index (κ1) is 15.9. The van der Waals surface area contributed by atoms with Crippen LogP contribution in [-0.4, -0.2) is 44.9 Å². The van der Waals surface area contributed by atoms with E-state index >= 15 is 0 Å². The van der Waals surface area contributed by atoms with Crippen LogP contribution in [0.2, 0.25) is 0 Å². The fourth-order valence-electron chi connectivity index (χ4n) is 2.48. The molecule has 0 aromatic heterocycles. The molecule has 0 aliphatic carbocycles. The Morgan fingerprint density at radius 2 is 2.00 bits per heavy atom. The quantitative estimate of drug-likeness (QED) is 0.728. The van der Waals surface area contributed by atoms with E-state index in [1.54, 1.807) is 4.31 Å². The van der Waals surface area contributed by atoms with Gasteiger partial charge >= 0.3 is 0 Å². The van der Waals surface area contributed by atoms with Gasteiger partial charge < -0.3 is 5.32 Å². The van der Waals surface area contributed by atoms with E-state index in [4.69, 9.17) is 0 Å². The van der Waals surface area contributed by atoms with Crippen LogP contribution in [0.25, 0.3) is 0 Å². The van der Waals surface area contributed by atoms with Crippen molar-refractivity contribution in [2.45, 2.75) is 46.1 Å². The average Bonchev–Trinajstić information content (AvgIpc) is 2.37. The second-order valence-corrected chi connectivity index (χ2v) is 6.63. The first-order chi connectivity index (χ1) is 8.55. The van der Waals surface area contributed by atoms with Crippen molar-refractivity contribution in [3.05, 3.63) is 0 Å². The van der Waals surface area contributed by atoms with Crippen LogP contribution >= 0.6 is 0 Å². The van der Waals surface area contributed by atoms with E-state index in [1.165, 1.54) is 0 Å². The van der Waals surface area contributed by atoms with Crippen LogP contribution in [0.1, 0.15) is 40.0 Å². The molecule has 1 aliphatic heterocycles. The second-order valence-electron chi connectivity index (χ2n) is 4.88. The van der Waals surface area contributed by atoms with Crippen molar-refractivity contribution in [1.82, 2.24) is 14.3 Å². The Balaban J connectivity index is 2.61. The number of rotatable bonds is 7. The van der Waals surface area contributed by atoms with Gasteiger partial charge in [0.05, 0.1) is 0 Å². The van der Waals surface area contributed by atoms with Gasteiger partial charge in [-0.25, -0.2) is 4.72 Å². The Labute approximate surface area is 112 Å². The Morgan fingerprint density at radius 3 is 2.56 bits per heavy atom. The van der Waals surface area contributed by atoms with Crippen LogP contribution in [0, 0.1) is 5.92 Å². The molecular weight excluding hydrogens is 250 g/mol. The number of nitrogens with one attached hydrogen (secondary N) is 2. The van der Waals surface area contributed by atoms with Gasteiger partial charge in [-0.2, -0.15) is 12.7 Å². The molecule has 2 unspecified atom stereocenters. The lowest BCUT2D eigenvalue weighted by molar-refractivity contribution is 0.202. The van der Waals surface area contributed by atoms with Crippen LogP contribution < -0.4 is 10.0 Å². The van der Waals surface area contributed by atoms with Gasteiger partial charge in [0.25, 0.3) is 10.2 Å². The number of hydrogen-bond donors (Lipinski definition) is 2. The molecule has 2 N–H and O–H groups in total. The summed E-state index contributed by atoms with van der Waals surface area (Å²) in [5.74, 6) is 0.414. The molecule has 1 rings (SSSR count). The molecule has 0 bridgehead atoms. The fourth-order valence-corrected chi connectivity index (χ4v) is 3.86. The number of piperidine rings is 1. The molecule has 1 saturated heterocycles. The highest BCUT2D eigenvalue weighted by molar-refractivity contribution is 7.87. The van der Waals surface area contributed by atoms with Gasteiger partial charge in [0.2, 0.25) is 0 Å². The number of hydrogen-bond acceptors (Lipinski definition) is 3. The summed E-state index contributed by atoms with van der Waals surface area (Å²) < 4.78 is 28.4. The molecule has 108 valence electrons. The summed E-state index contributed by atoms with van der Waals surface area (Å²) in [6, 6.07) is 0.456. The lowest BCUT2D eigenvalue weighted by Crippen LogP contribution is -2.53. The lowest BCUT2D eigenvalue weighted by Gasteiger charge is -2.37. The third-order valence-electron chi connectivity index (χ3n) is 3.56. The maximum atomic E-state index is 12.1. The van der Waals surface area contributed by atoms with Crippen LogP contribution in [0.3, 0.4) is 0 Å². The first-order valence-corrected chi connectivity index (χ1v) is 8.47. The third kappa shape index (κ3) is 4.19. The molecule has 0 spiro atoms. The first-order valence-electron chi connectivity index (χ1n) is 7.03. The molecule has 0 saturated carbocycles. The van der Waals surface area contributed by atoms with E-state index in [0.29, 0.717) is 31.6 Å². The molecule has 0 aromatic rings. The van der Waals surface area contributed by atoms with Crippen molar-refractivity contribution >= 4 is 10.2 Å². The fraction of sp³-hybridized carbons (Fsp3) is 1.00. The highest BCUT2D eigenvalue weighted by Gasteiger charge is 2.33. The molecule has 18 heavy (non-hydrogen) atoms. The van der Waals surface area contributed by atoms with E-state index in [2.05, 4.69) is 23.9 Å². The maximum Gasteiger partial charge on any atom is 0.279 e. The molecule has 1 aliphatic rings. The van der Waals surface area contributed by atoms with Crippen LogP contribution in [0.15, 0.2) is 0 Å². The van der Waals surface area contributed by atoms with Crippen molar-refractivity contribution in [1.29, 1.82) is 0 Å². The Kier molecular flexibility index (Phi) is 6.55. The largest absolute Gasteiger partial charge is 0.314 e. The van der Waals surface area contributed by atoms with Gasteiger partial charge in [0, 0.05) is 25.7 Å². The third-order valence-corrected chi connectivity index (χ3v) is 5.14. The van der Waals surface area contributed by atoms with Gasteiger partial charge in [0.1, 0.15) is 0 Å². The zero-order valence-corrected chi connectivity index (χ0v) is 12.6. The van der Waals surface area contributed by atoms with E-state index in [1.807, 2.05) is 6.92 Å². The molecule has 1 heterocycles. The van der Waals surface area contributed by atoms with E-state index in [9.17, 15) is 8.42 Å². The minimum Gasteiger partial charge on any atom is -0.314 e. The zero-order chi connectivity index (χ0) is 13.6. The molecule has 1 fully saturated rings. The van der Waals surface area contributed by atoms with E-state index < -0.39 is 10.2 Å². The Morgan fingerprint density at radius 1 is 1.28 bits per heavy atom. The summed E-state index contributed by atoms with van der Waals surface area (Å²) in [4.78, 5) is 0. The van der Waals surface area contributed by atoms with Crippen molar-refractivity contribution in [2.75, 3.05) is 26.2 Å². The zero-order valence-electron chi connectivity index (χ0n) is 11.8. The Bertz CT molecular complexity index is 332. The smallest absolute Gasteiger partial charge is 0.279 e. The van der Waals surface area contributed by atoms with Gasteiger partial charge in [-0.15, -0.1) is 0 Å². The molecular formula is C12H27N3O2S. The van der Waals surface area contributed by atoms with Gasteiger partial charge in [-0.3, -0.25) is 0 Å². The van der Waals surface area contributed by atoms with Crippen LogP contribution in [-0.2, 0) is 10.2 Å². The minimum atomic E-state index is -3.27. The number of nitrogens with zero attached hydrogens (tertiary/aromatic N) is 1. The van der Waals surface area contributed by atoms with Crippen molar-refractivity contribution in [2.24, 2.45) is 5.92 Å². The highest BCUT2D eigenvalue weighted by atomic mass is 32.2. The van der Waals surface area contributed by atoms with Crippen LogP contribution in [0.4, 0.5) is 0 Å². The maximum absolute atomic E-state index is 12.1. The summed E-state index contributed by atoms with van der Waals surface area (Å²) in [7, 11) is -3.27. The van der Waals surface area contributed by atoms with Gasteiger partial charge in [0.15, 0.2) is 0 Å². The predicted molar refractivity (Wildman–Crippen MR) is 74.6 cm³/mol. The summed E-state index contributed by atoms with van der Waals surface area (Å²) in [6.45, 7) is 8.91. The predicted octanol–water partition coefficient (Wildman–Crippen LogP) is 0.941. The minimum absolute atomic E-state index is 0.414. The topological polar surface area (TPSA) is 61.4 Å². The van der Waals surface area contributed by atoms with Crippen LogP contribution in [0.5, 0.6) is 0 Å². The molecule has 0 aromatic carbocycles. The molecule has 5 nitrogen and oxygen atoms in total. The molecule has 0 radical (unpaired) electrons.